The third kappa shape index (κ3) is 4.93. The molecule has 0 radical (unpaired) electrons. The molecular formula is C10H14BrClN2O. The molecule has 0 aliphatic rings. The molecule has 0 saturated carbocycles. The fraction of sp³-hybridized carbons (Fsp3) is 0.500. The minimum absolute atomic E-state index is 0.169. The minimum Gasteiger partial charge on any atom is -0.383 e. The van der Waals surface area contributed by atoms with Gasteiger partial charge in [-0.2, -0.15) is 0 Å². The summed E-state index contributed by atoms with van der Waals surface area (Å²) in [6, 6.07) is 4.10. The SMILES string of the molecule is COCC(CCl)NCc1ccc(Br)cn1. The lowest BCUT2D eigenvalue weighted by atomic mass is 10.3. The molecule has 0 spiro atoms. The molecule has 1 unspecified atom stereocenters. The smallest absolute Gasteiger partial charge is 0.0627 e. The van der Waals surface area contributed by atoms with Crippen LogP contribution in [0.2, 0.25) is 0 Å². The fourth-order valence-corrected chi connectivity index (χ4v) is 1.55. The average molecular weight is 294 g/mol. The number of pyridine rings is 1. The molecule has 1 rings (SSSR count). The Morgan fingerprint density at radius 1 is 1.60 bits per heavy atom. The molecule has 1 aromatic heterocycles. The first-order chi connectivity index (χ1) is 7.26. The second-order valence-corrected chi connectivity index (χ2v) is 4.38. The lowest BCUT2D eigenvalue weighted by Gasteiger charge is -2.14. The third-order valence-corrected chi connectivity index (χ3v) is 2.76. The maximum Gasteiger partial charge on any atom is 0.0627 e. The molecular weight excluding hydrogens is 279 g/mol. The Hall–Kier alpha value is -0.160. The molecule has 0 saturated heterocycles. The van der Waals surface area contributed by atoms with Gasteiger partial charge in [-0.05, 0) is 28.1 Å². The molecule has 84 valence electrons. The van der Waals surface area contributed by atoms with Gasteiger partial charge in [0.2, 0.25) is 0 Å². The van der Waals surface area contributed by atoms with Gasteiger partial charge in [0.05, 0.1) is 12.3 Å². The number of hydrogen-bond acceptors (Lipinski definition) is 3. The van der Waals surface area contributed by atoms with Crippen molar-refractivity contribution >= 4 is 27.5 Å². The first-order valence-electron chi connectivity index (χ1n) is 4.65. The van der Waals surface area contributed by atoms with E-state index >= 15 is 0 Å². The first kappa shape index (κ1) is 12.9. The fourth-order valence-electron chi connectivity index (χ4n) is 1.12. The molecule has 0 bridgehead atoms. The van der Waals surface area contributed by atoms with Crippen LogP contribution >= 0.6 is 27.5 Å². The van der Waals surface area contributed by atoms with Gasteiger partial charge in [0.1, 0.15) is 0 Å². The summed E-state index contributed by atoms with van der Waals surface area (Å²) in [7, 11) is 1.67. The van der Waals surface area contributed by atoms with E-state index in [2.05, 4.69) is 26.2 Å². The van der Waals surface area contributed by atoms with E-state index in [-0.39, 0.29) is 6.04 Å². The lowest BCUT2D eigenvalue weighted by molar-refractivity contribution is 0.172. The summed E-state index contributed by atoms with van der Waals surface area (Å²) in [6.07, 6.45) is 1.78. The predicted molar refractivity (Wildman–Crippen MR) is 65.2 cm³/mol. The van der Waals surface area contributed by atoms with Gasteiger partial charge in [-0.25, -0.2) is 0 Å². The van der Waals surface area contributed by atoms with Crippen LogP contribution in [0.5, 0.6) is 0 Å². The second-order valence-electron chi connectivity index (χ2n) is 3.16. The number of alkyl halides is 1. The Morgan fingerprint density at radius 2 is 2.40 bits per heavy atom. The van der Waals surface area contributed by atoms with Crippen LogP contribution in [-0.4, -0.2) is 30.6 Å². The van der Waals surface area contributed by atoms with Crippen molar-refractivity contribution in [1.29, 1.82) is 0 Å². The Labute approximate surface area is 103 Å². The van der Waals surface area contributed by atoms with Crippen LogP contribution < -0.4 is 5.32 Å². The number of hydrogen-bond donors (Lipinski definition) is 1. The topological polar surface area (TPSA) is 34.1 Å². The zero-order valence-electron chi connectivity index (χ0n) is 8.54. The molecule has 1 atom stereocenters. The van der Waals surface area contributed by atoms with Gasteiger partial charge in [0.25, 0.3) is 0 Å². The van der Waals surface area contributed by atoms with E-state index < -0.39 is 0 Å². The third-order valence-electron chi connectivity index (χ3n) is 1.91. The molecule has 15 heavy (non-hydrogen) atoms. The highest BCUT2D eigenvalue weighted by atomic mass is 79.9. The van der Waals surface area contributed by atoms with Crippen LogP contribution in [-0.2, 0) is 11.3 Å². The van der Waals surface area contributed by atoms with E-state index in [0.717, 1.165) is 10.2 Å². The number of nitrogens with one attached hydrogen (secondary N) is 1. The van der Waals surface area contributed by atoms with Crippen molar-refractivity contribution < 1.29 is 4.74 Å². The molecule has 0 aliphatic carbocycles. The van der Waals surface area contributed by atoms with Crippen LogP contribution in [0.3, 0.4) is 0 Å². The molecule has 5 heteroatoms. The normalized spacial score (nSPS) is 12.7. The molecule has 1 heterocycles. The van der Waals surface area contributed by atoms with Gasteiger partial charge in [-0.3, -0.25) is 4.98 Å². The molecule has 0 amide bonds. The highest BCUT2D eigenvalue weighted by molar-refractivity contribution is 9.10. The van der Waals surface area contributed by atoms with Gasteiger partial charge >= 0.3 is 0 Å². The summed E-state index contributed by atoms with van der Waals surface area (Å²) in [5.74, 6) is 0.532. The van der Waals surface area contributed by atoms with Crippen LogP contribution in [0.25, 0.3) is 0 Å². The van der Waals surface area contributed by atoms with Crippen LogP contribution in [0.1, 0.15) is 5.69 Å². The Kier molecular flexibility index (Phi) is 6.17. The molecule has 1 aromatic rings. The predicted octanol–water partition coefficient (Wildman–Crippen LogP) is 2.19. The first-order valence-corrected chi connectivity index (χ1v) is 5.97. The summed E-state index contributed by atoms with van der Waals surface area (Å²) in [4.78, 5) is 4.25. The highest BCUT2D eigenvalue weighted by Crippen LogP contribution is 2.07. The Balaban J connectivity index is 2.38. The summed E-state index contributed by atoms with van der Waals surface area (Å²) < 4.78 is 6.01. The summed E-state index contributed by atoms with van der Waals surface area (Å²) >= 11 is 9.11. The average Bonchev–Trinajstić information content (AvgIpc) is 2.26. The van der Waals surface area contributed by atoms with E-state index in [1.54, 1.807) is 13.3 Å². The summed E-state index contributed by atoms with van der Waals surface area (Å²) in [6.45, 7) is 1.31. The zero-order valence-corrected chi connectivity index (χ0v) is 10.9. The number of aromatic nitrogens is 1. The Bertz CT molecular complexity index is 281. The lowest BCUT2D eigenvalue weighted by Crippen LogP contribution is -2.34. The number of ether oxygens (including phenoxy) is 1. The Morgan fingerprint density at radius 3 is 2.93 bits per heavy atom. The second kappa shape index (κ2) is 7.17. The quantitative estimate of drug-likeness (QED) is 0.817. The highest BCUT2D eigenvalue weighted by Gasteiger charge is 2.05. The van der Waals surface area contributed by atoms with Crippen molar-refractivity contribution in [3.8, 4) is 0 Å². The molecule has 0 aromatic carbocycles. The van der Waals surface area contributed by atoms with Crippen molar-refractivity contribution in [2.45, 2.75) is 12.6 Å². The van der Waals surface area contributed by atoms with Crippen LogP contribution in [0.4, 0.5) is 0 Å². The van der Waals surface area contributed by atoms with Crippen molar-refractivity contribution in [2.75, 3.05) is 19.6 Å². The molecule has 0 aliphatic heterocycles. The number of methoxy groups -OCH3 is 1. The van der Waals surface area contributed by atoms with Crippen LogP contribution in [0, 0.1) is 0 Å². The van der Waals surface area contributed by atoms with Gasteiger partial charge in [0, 0.05) is 36.2 Å². The van der Waals surface area contributed by atoms with E-state index in [4.69, 9.17) is 16.3 Å². The van der Waals surface area contributed by atoms with Crippen molar-refractivity contribution in [3.63, 3.8) is 0 Å². The minimum atomic E-state index is 0.169. The maximum atomic E-state index is 5.77. The van der Waals surface area contributed by atoms with E-state index in [1.165, 1.54) is 0 Å². The van der Waals surface area contributed by atoms with Crippen molar-refractivity contribution in [2.24, 2.45) is 0 Å². The summed E-state index contributed by atoms with van der Waals surface area (Å²) in [5.41, 5.74) is 0.990. The van der Waals surface area contributed by atoms with Gasteiger partial charge < -0.3 is 10.1 Å². The van der Waals surface area contributed by atoms with E-state index in [9.17, 15) is 0 Å². The largest absolute Gasteiger partial charge is 0.383 e. The van der Waals surface area contributed by atoms with E-state index in [0.29, 0.717) is 19.0 Å². The number of halogens is 2. The van der Waals surface area contributed by atoms with E-state index in [1.807, 2.05) is 12.1 Å². The number of rotatable bonds is 6. The van der Waals surface area contributed by atoms with Crippen molar-refractivity contribution in [3.05, 3.63) is 28.5 Å². The monoisotopic (exact) mass is 292 g/mol. The molecule has 3 nitrogen and oxygen atoms in total. The zero-order chi connectivity index (χ0) is 11.1. The van der Waals surface area contributed by atoms with Gasteiger partial charge in [0.15, 0.2) is 0 Å². The molecule has 0 fully saturated rings. The van der Waals surface area contributed by atoms with Gasteiger partial charge in [-0.15, -0.1) is 11.6 Å². The molecule has 1 N–H and O–H groups in total. The standard InChI is InChI=1S/C10H14BrClN2O/c1-15-7-10(4-12)14-6-9-3-2-8(11)5-13-9/h2-3,5,10,14H,4,6-7H2,1H3. The maximum absolute atomic E-state index is 5.77. The summed E-state index contributed by atoms with van der Waals surface area (Å²) in [5, 5.41) is 3.27. The van der Waals surface area contributed by atoms with Gasteiger partial charge in [-0.1, -0.05) is 0 Å². The number of nitrogens with zero attached hydrogens (tertiary/aromatic N) is 1. The van der Waals surface area contributed by atoms with Crippen LogP contribution in [0.15, 0.2) is 22.8 Å². The van der Waals surface area contributed by atoms with Crippen molar-refractivity contribution in [1.82, 2.24) is 10.3 Å².